The number of nitrogens with zero attached hydrogens (tertiary/aromatic N) is 2. The van der Waals surface area contributed by atoms with E-state index >= 15 is 0 Å². The Kier molecular flexibility index (Phi) is 14.1. The number of hydrogen-bond acceptors (Lipinski definition) is 4. The van der Waals surface area contributed by atoms with Gasteiger partial charge in [0, 0.05) is 84.1 Å². The first-order valence-electron chi connectivity index (χ1n) is 17.8. The zero-order valence-electron chi connectivity index (χ0n) is 32.2. The first kappa shape index (κ1) is 40.7. The highest BCUT2D eigenvalue weighted by Gasteiger charge is 2.31. The lowest BCUT2D eigenvalue weighted by molar-refractivity contribution is -0.274. The Labute approximate surface area is 333 Å². The van der Waals surface area contributed by atoms with E-state index in [4.69, 9.17) is 4.74 Å². The number of ether oxygens (including phenoxy) is 2. The topological polar surface area (TPSA) is 24.9 Å². The Morgan fingerprint density at radius 3 is 0.965 bits per heavy atom. The van der Waals surface area contributed by atoms with Gasteiger partial charge in [0.1, 0.15) is 11.5 Å². The summed E-state index contributed by atoms with van der Waals surface area (Å²) in [5, 5.41) is 0. The fourth-order valence-electron chi connectivity index (χ4n) is 5.01. The number of anilines is 2. The van der Waals surface area contributed by atoms with Crippen LogP contribution in [0.15, 0.2) is 146 Å². The van der Waals surface area contributed by atoms with Crippen LogP contribution in [0, 0.1) is 47.4 Å². The molecule has 0 aliphatic carbocycles. The number of rotatable bonds is 4. The van der Waals surface area contributed by atoms with Gasteiger partial charge >= 0.3 is 6.36 Å². The van der Waals surface area contributed by atoms with Crippen molar-refractivity contribution in [3.8, 4) is 58.9 Å². The highest BCUT2D eigenvalue weighted by atomic mass is 19.4. The molecule has 0 bridgehead atoms. The molecule has 0 aromatic heterocycles. The van der Waals surface area contributed by atoms with Crippen molar-refractivity contribution in [3.63, 3.8) is 0 Å². The van der Waals surface area contributed by atoms with Gasteiger partial charge in [-0.3, -0.25) is 0 Å². The van der Waals surface area contributed by atoms with Crippen LogP contribution in [0.25, 0.3) is 0 Å². The lowest BCUT2D eigenvalue weighted by atomic mass is 10.1. The number of methoxy groups -OCH3 is 1. The standard InChI is InChI=1S/C26H24N2.C24H15F3O2/c1-27(2)25-17-13-23(14-18-25)11-9-21-5-7-22(8-6-21)10-12-24-15-19-26(20-16-24)28(3)4;1-28-22-6-2-4-20(16-22)14-12-18-8-10-19(11-9-18)13-15-21-5-3-7-23(17-21)29-24(25,26)27/h5-8,13-20H,1-4H3;2-11,16-17H,1H3. The summed E-state index contributed by atoms with van der Waals surface area (Å²) < 4.78 is 46.0. The average molecular weight is 757 g/mol. The van der Waals surface area contributed by atoms with Crippen molar-refractivity contribution in [1.29, 1.82) is 0 Å². The molecule has 6 aromatic rings. The smallest absolute Gasteiger partial charge is 0.497 e. The molecule has 6 aromatic carbocycles. The third kappa shape index (κ3) is 13.7. The van der Waals surface area contributed by atoms with Crippen molar-refractivity contribution >= 4 is 11.4 Å². The van der Waals surface area contributed by atoms with Gasteiger partial charge in [0.15, 0.2) is 0 Å². The molecular formula is C50H39F3N2O2. The van der Waals surface area contributed by atoms with Crippen molar-refractivity contribution in [2.45, 2.75) is 6.36 Å². The number of halogens is 3. The van der Waals surface area contributed by atoms with E-state index in [0.29, 0.717) is 5.56 Å². The lowest BCUT2D eigenvalue weighted by Gasteiger charge is -2.11. The van der Waals surface area contributed by atoms with Gasteiger partial charge in [0.25, 0.3) is 0 Å². The number of alkyl halides is 3. The maximum absolute atomic E-state index is 12.3. The third-order valence-corrected chi connectivity index (χ3v) is 8.08. The van der Waals surface area contributed by atoms with Gasteiger partial charge in [-0.2, -0.15) is 0 Å². The Hall–Kier alpha value is -7.45. The normalized spacial score (nSPS) is 9.89. The average Bonchev–Trinajstić information content (AvgIpc) is 3.21. The van der Waals surface area contributed by atoms with Gasteiger partial charge in [-0.05, 0) is 133 Å². The van der Waals surface area contributed by atoms with Crippen LogP contribution in [0.4, 0.5) is 24.5 Å². The summed E-state index contributed by atoms with van der Waals surface area (Å²) in [6, 6.07) is 44.8. The molecule has 0 heterocycles. The molecule has 0 unspecified atom stereocenters. The van der Waals surface area contributed by atoms with Crippen molar-refractivity contribution in [2.75, 3.05) is 45.1 Å². The van der Waals surface area contributed by atoms with E-state index in [1.807, 2.05) is 113 Å². The Morgan fingerprint density at radius 2 is 0.667 bits per heavy atom. The van der Waals surface area contributed by atoms with E-state index in [-0.39, 0.29) is 5.75 Å². The molecule has 0 N–H and O–H groups in total. The predicted molar refractivity (Wildman–Crippen MR) is 224 cm³/mol. The monoisotopic (exact) mass is 756 g/mol. The Balaban J connectivity index is 0.000000218. The molecule has 4 nitrogen and oxygen atoms in total. The molecule has 0 aliphatic rings. The summed E-state index contributed by atoms with van der Waals surface area (Å²) >= 11 is 0. The molecule has 0 fully saturated rings. The van der Waals surface area contributed by atoms with Crippen LogP contribution in [-0.2, 0) is 0 Å². The van der Waals surface area contributed by atoms with E-state index in [0.717, 1.165) is 44.7 Å². The molecule has 0 aliphatic heterocycles. The zero-order chi connectivity index (χ0) is 40.6. The molecule has 57 heavy (non-hydrogen) atoms. The van der Waals surface area contributed by atoms with E-state index in [1.54, 1.807) is 25.3 Å². The second-order valence-corrected chi connectivity index (χ2v) is 12.8. The summed E-state index contributed by atoms with van der Waals surface area (Å²) in [5.74, 6) is 25.2. The van der Waals surface area contributed by atoms with Gasteiger partial charge < -0.3 is 19.3 Å². The minimum atomic E-state index is -4.73. The van der Waals surface area contributed by atoms with Gasteiger partial charge in [-0.15, -0.1) is 13.2 Å². The SMILES string of the molecule is CN(C)c1ccc(C#Cc2ccc(C#Cc3ccc(N(C)C)cc3)cc2)cc1.COc1cccc(C#Cc2ccc(C#Cc3cccc(OC(F)(F)F)c3)cc2)c1. The van der Waals surface area contributed by atoms with Crippen molar-refractivity contribution < 1.29 is 22.6 Å². The molecule has 0 saturated carbocycles. The van der Waals surface area contributed by atoms with Gasteiger partial charge in [0.05, 0.1) is 7.11 Å². The van der Waals surface area contributed by atoms with Crippen LogP contribution in [-0.4, -0.2) is 41.7 Å². The second kappa shape index (κ2) is 19.8. The van der Waals surface area contributed by atoms with Crippen molar-refractivity contribution in [1.82, 2.24) is 0 Å². The summed E-state index contributed by atoms with van der Waals surface area (Å²) in [7, 11) is 9.73. The van der Waals surface area contributed by atoms with Crippen LogP contribution >= 0.6 is 0 Å². The van der Waals surface area contributed by atoms with Crippen LogP contribution < -0.4 is 19.3 Å². The van der Waals surface area contributed by atoms with E-state index in [9.17, 15) is 13.2 Å². The first-order valence-corrected chi connectivity index (χ1v) is 17.8. The zero-order valence-corrected chi connectivity index (χ0v) is 32.2. The summed E-state index contributed by atoms with van der Waals surface area (Å²) in [6.45, 7) is 0. The van der Waals surface area contributed by atoms with E-state index in [1.165, 1.54) is 29.6 Å². The Bertz CT molecular complexity index is 2420. The van der Waals surface area contributed by atoms with E-state index in [2.05, 4.69) is 86.2 Å². The van der Waals surface area contributed by atoms with Crippen LogP contribution in [0.2, 0.25) is 0 Å². The highest BCUT2D eigenvalue weighted by Crippen LogP contribution is 2.23. The fraction of sp³-hybridized carbons (Fsp3) is 0.120. The molecule has 0 spiro atoms. The van der Waals surface area contributed by atoms with Crippen LogP contribution in [0.5, 0.6) is 11.5 Å². The maximum atomic E-state index is 12.3. The largest absolute Gasteiger partial charge is 0.573 e. The van der Waals surface area contributed by atoms with Gasteiger partial charge in [0.2, 0.25) is 0 Å². The molecular weight excluding hydrogens is 718 g/mol. The number of hydrogen-bond donors (Lipinski definition) is 0. The van der Waals surface area contributed by atoms with Crippen LogP contribution in [0.1, 0.15) is 44.5 Å². The first-order chi connectivity index (χ1) is 27.4. The van der Waals surface area contributed by atoms with Crippen molar-refractivity contribution in [2.24, 2.45) is 0 Å². The highest BCUT2D eigenvalue weighted by molar-refractivity contribution is 5.54. The summed E-state index contributed by atoms with van der Waals surface area (Å²) in [5.41, 5.74) is 9.14. The third-order valence-electron chi connectivity index (χ3n) is 8.08. The van der Waals surface area contributed by atoms with E-state index < -0.39 is 6.36 Å². The minimum absolute atomic E-state index is 0.299. The second-order valence-electron chi connectivity index (χ2n) is 12.8. The fourth-order valence-corrected chi connectivity index (χ4v) is 5.01. The van der Waals surface area contributed by atoms with Gasteiger partial charge in [-0.1, -0.05) is 59.5 Å². The predicted octanol–water partition coefficient (Wildman–Crippen LogP) is 10.0. The maximum Gasteiger partial charge on any atom is 0.573 e. The quantitative estimate of drug-likeness (QED) is 0.167. The van der Waals surface area contributed by atoms with Crippen LogP contribution in [0.3, 0.4) is 0 Å². The molecule has 0 radical (unpaired) electrons. The molecule has 282 valence electrons. The Morgan fingerprint density at radius 1 is 0.386 bits per heavy atom. The molecule has 0 atom stereocenters. The lowest BCUT2D eigenvalue weighted by Crippen LogP contribution is -2.17. The summed E-state index contributed by atoms with van der Waals surface area (Å²) in [6.07, 6.45) is -4.73. The van der Waals surface area contributed by atoms with Gasteiger partial charge in [-0.25, -0.2) is 0 Å². The molecule has 0 saturated heterocycles. The van der Waals surface area contributed by atoms with Crippen molar-refractivity contribution in [3.05, 3.63) is 190 Å². The molecule has 7 heteroatoms. The molecule has 6 rings (SSSR count). The summed E-state index contributed by atoms with van der Waals surface area (Å²) in [4.78, 5) is 4.15. The molecule has 0 amide bonds. The number of benzene rings is 6. The minimum Gasteiger partial charge on any atom is -0.497 e.